The molecule has 1 aliphatic rings. The summed E-state index contributed by atoms with van der Waals surface area (Å²) in [6.07, 6.45) is 1.64. The molecule has 0 atom stereocenters. The van der Waals surface area contributed by atoms with E-state index in [-0.39, 0.29) is 29.1 Å². The van der Waals surface area contributed by atoms with Crippen LogP contribution in [0.5, 0.6) is 5.75 Å². The number of aryl methyl sites for hydroxylation is 1. The quantitative estimate of drug-likeness (QED) is 0.830. The minimum absolute atomic E-state index is 0.0984. The van der Waals surface area contributed by atoms with Crippen LogP contribution < -0.4 is 10.3 Å². The summed E-state index contributed by atoms with van der Waals surface area (Å²) in [6.45, 7) is 7.31. The maximum atomic E-state index is 12.8. The van der Waals surface area contributed by atoms with E-state index in [1.54, 1.807) is 22.6 Å². The summed E-state index contributed by atoms with van der Waals surface area (Å²) < 4.78 is 7.69. The van der Waals surface area contributed by atoms with Crippen molar-refractivity contribution in [3.05, 3.63) is 63.6 Å². The van der Waals surface area contributed by atoms with Gasteiger partial charge in [0.25, 0.3) is 11.5 Å². The number of likely N-dealkylation sites (tertiary alicyclic amines) is 1. The molecule has 144 valence electrons. The van der Waals surface area contributed by atoms with Crippen LogP contribution in [0.25, 0.3) is 0 Å². The van der Waals surface area contributed by atoms with Crippen LogP contribution in [0, 0.1) is 6.92 Å². The molecule has 5 heteroatoms. The highest BCUT2D eigenvalue weighted by atomic mass is 16.5. The van der Waals surface area contributed by atoms with Crippen molar-refractivity contribution >= 4 is 5.91 Å². The van der Waals surface area contributed by atoms with Gasteiger partial charge in [-0.1, -0.05) is 32.0 Å². The van der Waals surface area contributed by atoms with Crippen molar-refractivity contribution in [2.45, 2.75) is 45.6 Å². The molecule has 0 N–H and O–H groups in total. The molecule has 1 aromatic heterocycles. The monoisotopic (exact) mass is 368 g/mol. The fourth-order valence-corrected chi connectivity index (χ4v) is 3.61. The summed E-state index contributed by atoms with van der Waals surface area (Å²) in [4.78, 5) is 27.2. The lowest BCUT2D eigenvalue weighted by Gasteiger charge is -2.32. The van der Waals surface area contributed by atoms with E-state index >= 15 is 0 Å². The Kier molecular flexibility index (Phi) is 5.68. The van der Waals surface area contributed by atoms with Crippen LogP contribution in [0.1, 0.15) is 54.2 Å². The maximum Gasteiger partial charge on any atom is 0.263 e. The van der Waals surface area contributed by atoms with E-state index in [0.717, 1.165) is 29.8 Å². The van der Waals surface area contributed by atoms with E-state index in [0.29, 0.717) is 13.1 Å². The van der Waals surface area contributed by atoms with Crippen LogP contribution in [0.2, 0.25) is 0 Å². The van der Waals surface area contributed by atoms with E-state index < -0.39 is 0 Å². The van der Waals surface area contributed by atoms with E-state index in [4.69, 9.17) is 4.74 Å². The molecule has 2 heterocycles. The predicted octanol–water partition coefficient (Wildman–Crippen LogP) is 3.50. The van der Waals surface area contributed by atoms with Gasteiger partial charge in [0, 0.05) is 38.7 Å². The highest BCUT2D eigenvalue weighted by Crippen LogP contribution is 2.23. The molecular weight excluding hydrogens is 340 g/mol. The van der Waals surface area contributed by atoms with Gasteiger partial charge in [-0.25, -0.2) is 0 Å². The molecular formula is C22H28N2O3. The zero-order chi connectivity index (χ0) is 19.6. The molecule has 1 amide bonds. The molecule has 0 radical (unpaired) electrons. The highest BCUT2D eigenvalue weighted by Gasteiger charge is 2.27. The number of amides is 1. The van der Waals surface area contributed by atoms with Gasteiger partial charge >= 0.3 is 0 Å². The molecule has 1 saturated heterocycles. The third kappa shape index (κ3) is 4.07. The normalized spacial score (nSPS) is 15.2. The second-order valence-corrected chi connectivity index (χ2v) is 7.57. The number of rotatable bonds is 4. The number of carbonyl (C=O) groups is 1. The number of nitrogens with zero attached hydrogens (tertiary/aromatic N) is 2. The van der Waals surface area contributed by atoms with Gasteiger partial charge in [-0.2, -0.15) is 0 Å². The van der Waals surface area contributed by atoms with E-state index in [9.17, 15) is 9.59 Å². The second kappa shape index (κ2) is 7.99. The SMILES string of the molecule is Cc1ccccc1OC1CCN(C(=O)c2ccc(C(C)C)n(C)c2=O)CC1. The summed E-state index contributed by atoms with van der Waals surface area (Å²) in [7, 11) is 1.73. The van der Waals surface area contributed by atoms with Crippen LogP contribution in [-0.2, 0) is 7.05 Å². The Morgan fingerprint density at radius 2 is 1.78 bits per heavy atom. The summed E-state index contributed by atoms with van der Waals surface area (Å²) >= 11 is 0. The van der Waals surface area contributed by atoms with Gasteiger partial charge in [-0.3, -0.25) is 9.59 Å². The number of piperidine rings is 1. The largest absolute Gasteiger partial charge is 0.490 e. The lowest BCUT2D eigenvalue weighted by molar-refractivity contribution is 0.0592. The first-order valence-electron chi connectivity index (χ1n) is 9.60. The summed E-state index contributed by atoms with van der Waals surface area (Å²) in [5.74, 6) is 0.960. The van der Waals surface area contributed by atoms with Gasteiger partial charge in [0.15, 0.2) is 0 Å². The number of aromatic nitrogens is 1. The average Bonchev–Trinajstić information content (AvgIpc) is 2.65. The lowest BCUT2D eigenvalue weighted by Crippen LogP contribution is -2.44. The van der Waals surface area contributed by atoms with Crippen molar-refractivity contribution in [2.75, 3.05) is 13.1 Å². The van der Waals surface area contributed by atoms with Crippen LogP contribution >= 0.6 is 0 Å². The van der Waals surface area contributed by atoms with Gasteiger partial charge in [0.2, 0.25) is 0 Å². The molecule has 0 saturated carbocycles. The molecule has 1 aliphatic heterocycles. The Morgan fingerprint density at radius 1 is 1.11 bits per heavy atom. The fourth-order valence-electron chi connectivity index (χ4n) is 3.61. The van der Waals surface area contributed by atoms with Crippen LogP contribution in [0.4, 0.5) is 0 Å². The number of carbonyl (C=O) groups excluding carboxylic acids is 1. The van der Waals surface area contributed by atoms with Crippen molar-refractivity contribution in [3.63, 3.8) is 0 Å². The van der Waals surface area contributed by atoms with Crippen molar-refractivity contribution in [1.82, 2.24) is 9.47 Å². The number of ether oxygens (including phenoxy) is 1. The highest BCUT2D eigenvalue weighted by molar-refractivity contribution is 5.94. The zero-order valence-electron chi connectivity index (χ0n) is 16.6. The number of benzene rings is 1. The van der Waals surface area contributed by atoms with Gasteiger partial charge in [0.1, 0.15) is 17.4 Å². The van der Waals surface area contributed by atoms with Gasteiger partial charge in [-0.15, -0.1) is 0 Å². The summed E-state index contributed by atoms with van der Waals surface area (Å²) in [6, 6.07) is 11.5. The maximum absolute atomic E-state index is 12.8. The Hall–Kier alpha value is -2.56. The van der Waals surface area contributed by atoms with Gasteiger partial charge < -0.3 is 14.2 Å². The molecule has 2 aromatic rings. The van der Waals surface area contributed by atoms with Gasteiger partial charge in [0.05, 0.1) is 0 Å². The molecule has 1 aromatic carbocycles. The minimum atomic E-state index is -0.218. The molecule has 0 spiro atoms. The average molecular weight is 368 g/mol. The first-order chi connectivity index (χ1) is 12.9. The van der Waals surface area contributed by atoms with Crippen LogP contribution in [-0.4, -0.2) is 34.6 Å². The number of para-hydroxylation sites is 1. The van der Waals surface area contributed by atoms with E-state index in [1.807, 2.05) is 51.1 Å². The van der Waals surface area contributed by atoms with Crippen molar-refractivity contribution in [1.29, 1.82) is 0 Å². The van der Waals surface area contributed by atoms with E-state index in [2.05, 4.69) is 0 Å². The third-order valence-electron chi connectivity index (χ3n) is 5.28. The molecule has 1 fully saturated rings. The molecule has 27 heavy (non-hydrogen) atoms. The Morgan fingerprint density at radius 3 is 2.41 bits per heavy atom. The Labute approximate surface area is 160 Å². The standard InChI is InChI=1S/C22H28N2O3/c1-15(2)19-10-9-18(21(25)23(19)4)22(26)24-13-11-17(12-14-24)27-20-8-6-5-7-16(20)3/h5-10,15,17H,11-14H2,1-4H3. The first kappa shape index (κ1) is 19.2. The third-order valence-corrected chi connectivity index (χ3v) is 5.28. The molecule has 0 aliphatic carbocycles. The molecule has 5 nitrogen and oxygen atoms in total. The van der Waals surface area contributed by atoms with Gasteiger partial charge in [-0.05, 0) is 36.6 Å². The summed E-state index contributed by atoms with van der Waals surface area (Å²) in [5, 5.41) is 0. The Balaban J connectivity index is 1.66. The smallest absolute Gasteiger partial charge is 0.263 e. The fraction of sp³-hybridized carbons (Fsp3) is 0.455. The topological polar surface area (TPSA) is 51.5 Å². The zero-order valence-corrected chi connectivity index (χ0v) is 16.6. The molecule has 0 bridgehead atoms. The van der Waals surface area contributed by atoms with Crippen LogP contribution in [0.3, 0.4) is 0 Å². The van der Waals surface area contributed by atoms with Crippen molar-refractivity contribution in [3.8, 4) is 5.75 Å². The lowest BCUT2D eigenvalue weighted by atomic mass is 10.0. The number of hydrogen-bond acceptors (Lipinski definition) is 3. The van der Waals surface area contributed by atoms with E-state index in [1.165, 1.54) is 0 Å². The minimum Gasteiger partial charge on any atom is -0.490 e. The molecule has 0 unspecified atom stereocenters. The van der Waals surface area contributed by atoms with Crippen molar-refractivity contribution in [2.24, 2.45) is 7.05 Å². The number of pyridine rings is 1. The predicted molar refractivity (Wildman–Crippen MR) is 107 cm³/mol. The second-order valence-electron chi connectivity index (χ2n) is 7.57. The van der Waals surface area contributed by atoms with Crippen molar-refractivity contribution < 1.29 is 9.53 Å². The van der Waals surface area contributed by atoms with Crippen LogP contribution in [0.15, 0.2) is 41.2 Å². The Bertz CT molecular complexity index is 877. The summed E-state index contributed by atoms with van der Waals surface area (Å²) in [5.41, 5.74) is 2.08. The number of hydrogen-bond donors (Lipinski definition) is 0. The first-order valence-corrected chi connectivity index (χ1v) is 9.60. The molecule has 3 rings (SSSR count).